The highest BCUT2D eigenvalue weighted by molar-refractivity contribution is 7.91. The van der Waals surface area contributed by atoms with E-state index in [2.05, 4.69) is 20.3 Å². The van der Waals surface area contributed by atoms with Crippen molar-refractivity contribution in [2.24, 2.45) is 0 Å². The summed E-state index contributed by atoms with van der Waals surface area (Å²) in [6, 6.07) is 8.53. The molecular weight excluding hydrogens is 414 g/mol. The monoisotopic (exact) mass is 433 g/mol. The van der Waals surface area contributed by atoms with Crippen molar-refractivity contribution in [2.45, 2.75) is 23.7 Å². The summed E-state index contributed by atoms with van der Waals surface area (Å²) in [5.74, 6) is -0.257. The highest BCUT2D eigenvalue weighted by Gasteiger charge is 2.50. The molecular formula is C18H19N5O6S. The van der Waals surface area contributed by atoms with E-state index in [-0.39, 0.29) is 17.0 Å². The number of nitrogens with one attached hydrogen (secondary N) is 1. The van der Waals surface area contributed by atoms with Crippen LogP contribution < -0.4 is 5.32 Å². The average molecular weight is 433 g/mol. The first-order valence-corrected chi connectivity index (χ1v) is 10.9. The number of nitrogens with zero attached hydrogens (tertiary/aromatic N) is 4. The van der Waals surface area contributed by atoms with E-state index in [1.54, 1.807) is 30.3 Å². The third-order valence-corrected chi connectivity index (χ3v) is 6.39. The number of aromatic nitrogens is 4. The molecule has 1 fully saturated rings. The van der Waals surface area contributed by atoms with Crippen LogP contribution in [-0.4, -0.2) is 74.4 Å². The SMILES string of the molecule is CS(=O)(=O)C1[C@H](n2cnc3c(NC(=O)c4ccccc4)ncnc32)O[C@H](CO)[C@H]1O. The van der Waals surface area contributed by atoms with Crippen LogP contribution in [0.2, 0.25) is 0 Å². The van der Waals surface area contributed by atoms with Crippen LogP contribution >= 0.6 is 0 Å². The molecule has 0 bridgehead atoms. The standard InChI is InChI=1S/C18H19N5O6S/c1-30(27,28)14-13(25)11(7-24)29-18(14)23-9-21-12-15(19-8-20-16(12)23)22-17(26)10-5-3-2-4-6-10/h2-6,8-9,11,13-14,18,24-25H,7H2,1H3,(H,19,20,22,26)/t11-,13-,14?,18-/m1/s1. The van der Waals surface area contributed by atoms with Crippen molar-refractivity contribution in [2.75, 3.05) is 18.2 Å². The molecule has 3 aromatic rings. The van der Waals surface area contributed by atoms with Crippen molar-refractivity contribution in [1.29, 1.82) is 0 Å². The van der Waals surface area contributed by atoms with Gasteiger partial charge in [-0.25, -0.2) is 23.4 Å². The lowest BCUT2D eigenvalue weighted by atomic mass is 10.2. The lowest BCUT2D eigenvalue weighted by Gasteiger charge is -2.19. The number of aliphatic hydroxyl groups excluding tert-OH is 2. The quantitative estimate of drug-likeness (QED) is 0.493. The molecule has 0 aliphatic carbocycles. The van der Waals surface area contributed by atoms with Crippen LogP contribution in [0.3, 0.4) is 0 Å². The zero-order valence-electron chi connectivity index (χ0n) is 15.8. The third-order valence-electron chi connectivity index (χ3n) is 4.89. The first kappa shape index (κ1) is 20.3. The second kappa shape index (κ2) is 7.72. The summed E-state index contributed by atoms with van der Waals surface area (Å²) in [6.07, 6.45) is -0.183. The topological polar surface area (TPSA) is 157 Å². The minimum atomic E-state index is -3.75. The minimum absolute atomic E-state index is 0.140. The Bertz CT molecular complexity index is 1180. The summed E-state index contributed by atoms with van der Waals surface area (Å²) in [6.45, 7) is -0.552. The number of fused-ring (bicyclic) bond motifs is 1. The fourth-order valence-corrected chi connectivity index (χ4v) is 4.76. The number of benzene rings is 1. The van der Waals surface area contributed by atoms with Gasteiger partial charge >= 0.3 is 0 Å². The van der Waals surface area contributed by atoms with E-state index >= 15 is 0 Å². The molecule has 2 aromatic heterocycles. The van der Waals surface area contributed by atoms with Gasteiger partial charge in [-0.05, 0) is 12.1 Å². The van der Waals surface area contributed by atoms with Gasteiger partial charge in [0.15, 0.2) is 33.0 Å². The predicted octanol–water partition coefficient (Wildman–Crippen LogP) is -0.258. The largest absolute Gasteiger partial charge is 0.394 e. The summed E-state index contributed by atoms with van der Waals surface area (Å²) in [5.41, 5.74) is 0.853. The fourth-order valence-electron chi connectivity index (χ4n) is 3.46. The van der Waals surface area contributed by atoms with Crippen LogP contribution in [0.15, 0.2) is 43.0 Å². The van der Waals surface area contributed by atoms with Crippen molar-refractivity contribution in [1.82, 2.24) is 19.5 Å². The van der Waals surface area contributed by atoms with Crippen LogP contribution in [0.1, 0.15) is 16.6 Å². The Morgan fingerprint density at radius 1 is 1.23 bits per heavy atom. The van der Waals surface area contributed by atoms with E-state index in [0.717, 1.165) is 6.26 Å². The Balaban J connectivity index is 1.72. The van der Waals surface area contributed by atoms with Crippen LogP contribution in [0.4, 0.5) is 5.82 Å². The van der Waals surface area contributed by atoms with Crippen molar-refractivity contribution in [3.05, 3.63) is 48.5 Å². The fraction of sp³-hybridized carbons (Fsp3) is 0.333. The number of sulfone groups is 1. The molecule has 0 saturated carbocycles. The zero-order valence-corrected chi connectivity index (χ0v) is 16.6. The van der Waals surface area contributed by atoms with Gasteiger partial charge < -0.3 is 20.3 Å². The molecule has 3 N–H and O–H groups in total. The molecule has 0 spiro atoms. The van der Waals surface area contributed by atoms with E-state index in [9.17, 15) is 23.4 Å². The number of imidazole rings is 1. The normalized spacial score (nSPS) is 24.2. The van der Waals surface area contributed by atoms with E-state index in [1.807, 2.05) is 0 Å². The number of anilines is 1. The van der Waals surface area contributed by atoms with Gasteiger partial charge in [-0.2, -0.15) is 0 Å². The molecule has 1 aromatic carbocycles. The van der Waals surface area contributed by atoms with Gasteiger partial charge in [0.25, 0.3) is 5.91 Å². The summed E-state index contributed by atoms with van der Waals surface area (Å²) in [4.78, 5) is 24.9. The molecule has 0 radical (unpaired) electrons. The molecule has 4 rings (SSSR count). The molecule has 1 saturated heterocycles. The predicted molar refractivity (Wildman–Crippen MR) is 105 cm³/mol. The smallest absolute Gasteiger partial charge is 0.256 e. The van der Waals surface area contributed by atoms with Crippen molar-refractivity contribution in [3.8, 4) is 0 Å². The summed E-state index contributed by atoms with van der Waals surface area (Å²) in [7, 11) is -3.75. The molecule has 3 heterocycles. The Morgan fingerprint density at radius 3 is 2.63 bits per heavy atom. The molecule has 1 aliphatic heterocycles. The van der Waals surface area contributed by atoms with Crippen LogP contribution in [-0.2, 0) is 14.6 Å². The van der Waals surface area contributed by atoms with Gasteiger partial charge in [0.2, 0.25) is 0 Å². The number of hydrogen-bond donors (Lipinski definition) is 3. The Morgan fingerprint density at radius 2 is 1.97 bits per heavy atom. The number of amides is 1. The molecule has 30 heavy (non-hydrogen) atoms. The minimum Gasteiger partial charge on any atom is -0.394 e. The summed E-state index contributed by atoms with van der Waals surface area (Å²) < 4.78 is 31.5. The first-order valence-electron chi connectivity index (χ1n) is 8.98. The Kier molecular flexibility index (Phi) is 5.24. The van der Waals surface area contributed by atoms with Gasteiger partial charge in [-0.1, -0.05) is 18.2 Å². The van der Waals surface area contributed by atoms with E-state index in [0.29, 0.717) is 5.56 Å². The first-order chi connectivity index (χ1) is 14.3. The number of rotatable bonds is 5. The Labute approximate surface area is 171 Å². The van der Waals surface area contributed by atoms with Gasteiger partial charge in [0.05, 0.1) is 12.9 Å². The number of carbonyl (C=O) groups excluding carboxylic acids is 1. The van der Waals surface area contributed by atoms with E-state index in [1.165, 1.54) is 17.2 Å². The third kappa shape index (κ3) is 3.54. The van der Waals surface area contributed by atoms with Gasteiger partial charge in [-0.15, -0.1) is 0 Å². The Hall–Kier alpha value is -2.93. The molecule has 4 atom stereocenters. The highest BCUT2D eigenvalue weighted by atomic mass is 32.2. The number of carbonyl (C=O) groups is 1. The lowest BCUT2D eigenvalue weighted by molar-refractivity contribution is -0.0431. The maximum Gasteiger partial charge on any atom is 0.256 e. The van der Waals surface area contributed by atoms with E-state index < -0.39 is 46.0 Å². The summed E-state index contributed by atoms with van der Waals surface area (Å²) in [5, 5.41) is 21.1. The van der Waals surface area contributed by atoms with Crippen LogP contribution in [0.25, 0.3) is 11.2 Å². The van der Waals surface area contributed by atoms with E-state index in [4.69, 9.17) is 4.74 Å². The molecule has 1 aliphatic rings. The van der Waals surface area contributed by atoms with Crippen molar-refractivity contribution < 1.29 is 28.2 Å². The maximum absolute atomic E-state index is 12.5. The number of aliphatic hydroxyl groups is 2. The second-order valence-electron chi connectivity index (χ2n) is 6.90. The number of ether oxygens (including phenoxy) is 1. The highest BCUT2D eigenvalue weighted by Crippen LogP contribution is 2.36. The van der Waals surface area contributed by atoms with Gasteiger partial charge in [0.1, 0.15) is 23.8 Å². The van der Waals surface area contributed by atoms with Crippen LogP contribution in [0, 0.1) is 0 Å². The zero-order chi connectivity index (χ0) is 21.5. The molecule has 1 unspecified atom stereocenters. The van der Waals surface area contributed by atoms with Gasteiger partial charge in [-0.3, -0.25) is 9.36 Å². The van der Waals surface area contributed by atoms with Crippen LogP contribution in [0.5, 0.6) is 0 Å². The summed E-state index contributed by atoms with van der Waals surface area (Å²) >= 11 is 0. The van der Waals surface area contributed by atoms with Crippen molar-refractivity contribution in [3.63, 3.8) is 0 Å². The molecule has 1 amide bonds. The second-order valence-corrected chi connectivity index (χ2v) is 9.10. The average Bonchev–Trinajstić information content (AvgIpc) is 3.29. The number of hydrogen-bond acceptors (Lipinski definition) is 9. The van der Waals surface area contributed by atoms with Crippen molar-refractivity contribution >= 4 is 32.7 Å². The molecule has 12 heteroatoms. The maximum atomic E-state index is 12.5. The molecule has 158 valence electrons. The van der Waals surface area contributed by atoms with Gasteiger partial charge in [0, 0.05) is 11.8 Å². The molecule has 11 nitrogen and oxygen atoms in total. The lowest BCUT2D eigenvalue weighted by Crippen LogP contribution is -2.38.